The van der Waals surface area contributed by atoms with Gasteiger partial charge in [-0.3, -0.25) is 4.79 Å². The van der Waals surface area contributed by atoms with Crippen LogP contribution in [0.3, 0.4) is 0 Å². The van der Waals surface area contributed by atoms with Crippen molar-refractivity contribution in [3.8, 4) is 5.75 Å². The molecule has 0 fully saturated rings. The van der Waals surface area contributed by atoms with Crippen LogP contribution in [0.25, 0.3) is 0 Å². The Hall–Kier alpha value is -3.61. The molecule has 2 aromatic carbocycles. The zero-order valence-electron chi connectivity index (χ0n) is 15.5. The van der Waals surface area contributed by atoms with Crippen LogP contribution < -0.4 is 10.1 Å². The number of anilines is 1. The van der Waals surface area contributed by atoms with E-state index in [-0.39, 0.29) is 12.5 Å². The number of hydrogen-bond acceptors (Lipinski definition) is 5. The van der Waals surface area contributed by atoms with Gasteiger partial charge in [-0.25, -0.2) is 9.78 Å². The van der Waals surface area contributed by atoms with Crippen LogP contribution in [0.2, 0.25) is 0 Å². The Kier molecular flexibility index (Phi) is 6.41. The molecule has 0 saturated heterocycles. The van der Waals surface area contributed by atoms with E-state index in [9.17, 15) is 9.59 Å². The number of hydrogen-bond donors (Lipinski definition) is 1. The summed E-state index contributed by atoms with van der Waals surface area (Å²) in [5.74, 6) is -0.189. The van der Waals surface area contributed by atoms with Gasteiger partial charge in [-0.15, -0.1) is 0 Å². The van der Waals surface area contributed by atoms with Crippen molar-refractivity contribution in [3.63, 3.8) is 0 Å². The second-order valence-electron chi connectivity index (χ2n) is 6.01. The first kappa shape index (κ1) is 19.2. The molecule has 3 aromatic rings. The van der Waals surface area contributed by atoms with Crippen LogP contribution in [0.4, 0.5) is 5.69 Å². The fourth-order valence-electron chi connectivity index (χ4n) is 2.56. The summed E-state index contributed by atoms with van der Waals surface area (Å²) in [6.45, 7) is 2.56. The van der Waals surface area contributed by atoms with Crippen molar-refractivity contribution in [1.82, 2.24) is 9.55 Å². The van der Waals surface area contributed by atoms with Crippen molar-refractivity contribution in [1.29, 1.82) is 0 Å². The van der Waals surface area contributed by atoms with Crippen molar-refractivity contribution in [2.75, 3.05) is 18.5 Å². The highest BCUT2D eigenvalue weighted by Crippen LogP contribution is 2.18. The number of nitrogens with zero attached hydrogens (tertiary/aromatic N) is 2. The summed E-state index contributed by atoms with van der Waals surface area (Å²) in [5, 5.41) is 2.83. The minimum Gasteiger partial charge on any atom is -0.482 e. The lowest BCUT2D eigenvalue weighted by Gasteiger charge is -2.09. The molecule has 1 heterocycles. The molecule has 0 saturated carbocycles. The van der Waals surface area contributed by atoms with Crippen LogP contribution in [-0.2, 0) is 16.1 Å². The Balaban J connectivity index is 1.58. The molecule has 0 bridgehead atoms. The Morgan fingerprint density at radius 2 is 1.96 bits per heavy atom. The maximum absolute atomic E-state index is 12.5. The molecule has 0 aliphatic rings. The summed E-state index contributed by atoms with van der Waals surface area (Å²) in [4.78, 5) is 27.8. The highest BCUT2D eigenvalue weighted by molar-refractivity contribution is 6.04. The number of carbonyl (C=O) groups is 2. The van der Waals surface area contributed by atoms with Gasteiger partial charge in [-0.1, -0.05) is 18.2 Å². The summed E-state index contributed by atoms with van der Waals surface area (Å²) in [5.41, 5.74) is 2.20. The first-order chi connectivity index (χ1) is 13.6. The van der Waals surface area contributed by atoms with E-state index in [1.807, 2.05) is 22.9 Å². The molecule has 0 unspecified atom stereocenters. The van der Waals surface area contributed by atoms with E-state index in [0.29, 0.717) is 30.2 Å². The van der Waals surface area contributed by atoms with Gasteiger partial charge in [0.2, 0.25) is 0 Å². The zero-order chi connectivity index (χ0) is 19.8. The maximum Gasteiger partial charge on any atom is 0.344 e. The quantitative estimate of drug-likeness (QED) is 0.608. The van der Waals surface area contributed by atoms with Crippen LogP contribution in [0.5, 0.6) is 5.75 Å². The Morgan fingerprint density at radius 1 is 1.14 bits per heavy atom. The average molecular weight is 379 g/mol. The maximum atomic E-state index is 12.5. The van der Waals surface area contributed by atoms with Crippen LogP contribution in [0, 0.1) is 0 Å². The molecule has 0 radical (unpaired) electrons. The van der Waals surface area contributed by atoms with Crippen LogP contribution >= 0.6 is 0 Å². The predicted molar refractivity (Wildman–Crippen MR) is 104 cm³/mol. The zero-order valence-corrected chi connectivity index (χ0v) is 15.5. The van der Waals surface area contributed by atoms with Gasteiger partial charge in [0.05, 0.1) is 12.9 Å². The third kappa shape index (κ3) is 5.44. The number of ether oxygens (including phenoxy) is 2. The fourth-order valence-corrected chi connectivity index (χ4v) is 2.56. The van der Waals surface area contributed by atoms with Gasteiger partial charge in [-0.2, -0.15) is 0 Å². The standard InChI is InChI=1S/C21H21N3O4/c1-2-27-20(25)14-28-19-5-3-4-18(12-19)23-21(26)17-8-6-16(7-9-17)13-24-11-10-22-15-24/h3-12,15H,2,13-14H2,1H3,(H,23,26). The second kappa shape index (κ2) is 9.36. The molecule has 1 N–H and O–H groups in total. The van der Waals surface area contributed by atoms with Crippen molar-refractivity contribution in [2.45, 2.75) is 13.5 Å². The largest absolute Gasteiger partial charge is 0.482 e. The van der Waals surface area contributed by atoms with Gasteiger partial charge < -0.3 is 19.4 Å². The van der Waals surface area contributed by atoms with Crippen molar-refractivity contribution >= 4 is 17.6 Å². The molecule has 7 nitrogen and oxygen atoms in total. The first-order valence-corrected chi connectivity index (χ1v) is 8.88. The number of amides is 1. The molecule has 0 aliphatic heterocycles. The number of imidazole rings is 1. The van der Waals surface area contributed by atoms with Crippen molar-refractivity contribution < 1.29 is 19.1 Å². The number of rotatable bonds is 8. The van der Waals surface area contributed by atoms with E-state index in [1.165, 1.54) is 0 Å². The fraction of sp³-hybridized carbons (Fsp3) is 0.190. The highest BCUT2D eigenvalue weighted by atomic mass is 16.6. The predicted octanol–water partition coefficient (Wildman–Crippen LogP) is 3.13. The summed E-state index contributed by atoms with van der Waals surface area (Å²) in [6, 6.07) is 14.2. The van der Waals surface area contributed by atoms with Gasteiger partial charge in [0.15, 0.2) is 6.61 Å². The molecular formula is C21H21N3O4. The smallest absolute Gasteiger partial charge is 0.344 e. The summed E-state index contributed by atoms with van der Waals surface area (Å²) >= 11 is 0. The van der Waals surface area contributed by atoms with Gasteiger partial charge >= 0.3 is 5.97 Å². The normalized spacial score (nSPS) is 10.3. The first-order valence-electron chi connectivity index (χ1n) is 8.88. The van der Waals surface area contributed by atoms with Gasteiger partial charge in [0, 0.05) is 36.3 Å². The molecular weight excluding hydrogens is 358 g/mol. The monoisotopic (exact) mass is 379 g/mol. The van der Waals surface area contributed by atoms with E-state index in [2.05, 4.69) is 10.3 Å². The highest BCUT2D eigenvalue weighted by Gasteiger charge is 2.08. The lowest BCUT2D eigenvalue weighted by molar-refractivity contribution is -0.145. The molecule has 0 aliphatic carbocycles. The van der Waals surface area contributed by atoms with Crippen molar-refractivity contribution in [3.05, 3.63) is 78.4 Å². The van der Waals surface area contributed by atoms with Crippen molar-refractivity contribution in [2.24, 2.45) is 0 Å². The molecule has 7 heteroatoms. The minimum atomic E-state index is -0.437. The SMILES string of the molecule is CCOC(=O)COc1cccc(NC(=O)c2ccc(Cn3ccnc3)cc2)c1. The molecule has 0 atom stereocenters. The van der Waals surface area contributed by atoms with Gasteiger partial charge in [-0.05, 0) is 36.8 Å². The summed E-state index contributed by atoms with van der Waals surface area (Å²) in [7, 11) is 0. The third-order valence-corrected chi connectivity index (χ3v) is 3.89. The molecule has 144 valence electrons. The Morgan fingerprint density at radius 3 is 2.68 bits per heavy atom. The lowest BCUT2D eigenvalue weighted by Crippen LogP contribution is -2.15. The van der Waals surface area contributed by atoms with Crippen LogP contribution in [-0.4, -0.2) is 34.6 Å². The van der Waals surface area contributed by atoms with E-state index < -0.39 is 5.97 Å². The molecule has 0 spiro atoms. The third-order valence-electron chi connectivity index (χ3n) is 3.89. The lowest BCUT2D eigenvalue weighted by atomic mass is 10.1. The van der Waals surface area contributed by atoms with E-state index in [1.54, 1.807) is 55.8 Å². The topological polar surface area (TPSA) is 82.5 Å². The molecule has 28 heavy (non-hydrogen) atoms. The van der Waals surface area contributed by atoms with Gasteiger partial charge in [0.1, 0.15) is 5.75 Å². The number of aromatic nitrogens is 2. The Bertz CT molecular complexity index is 921. The number of carbonyl (C=O) groups excluding carboxylic acids is 2. The number of esters is 1. The summed E-state index contributed by atoms with van der Waals surface area (Å²) in [6.07, 6.45) is 5.36. The van der Waals surface area contributed by atoms with Crippen LogP contribution in [0.1, 0.15) is 22.8 Å². The van der Waals surface area contributed by atoms with E-state index >= 15 is 0 Å². The molecule has 3 rings (SSSR count). The van der Waals surface area contributed by atoms with E-state index in [4.69, 9.17) is 9.47 Å². The van der Waals surface area contributed by atoms with Gasteiger partial charge in [0.25, 0.3) is 5.91 Å². The minimum absolute atomic E-state index is 0.177. The van der Waals surface area contributed by atoms with Crippen LogP contribution in [0.15, 0.2) is 67.3 Å². The Labute approximate surface area is 162 Å². The second-order valence-corrected chi connectivity index (χ2v) is 6.01. The molecule has 1 aromatic heterocycles. The average Bonchev–Trinajstić information content (AvgIpc) is 3.20. The summed E-state index contributed by atoms with van der Waals surface area (Å²) < 4.78 is 12.2. The number of nitrogens with one attached hydrogen (secondary N) is 1. The number of benzene rings is 2. The molecule has 1 amide bonds. The van der Waals surface area contributed by atoms with E-state index in [0.717, 1.165) is 5.56 Å².